The molecule has 2 aromatic heterocycles. The van der Waals surface area contributed by atoms with Crippen LogP contribution in [0.2, 0.25) is 0 Å². The van der Waals surface area contributed by atoms with Crippen LogP contribution in [-0.4, -0.2) is 46.5 Å². The van der Waals surface area contributed by atoms with Crippen LogP contribution in [0.4, 0.5) is 25.1 Å². The van der Waals surface area contributed by atoms with Crippen LogP contribution in [-0.2, 0) is 10.0 Å². The molecule has 5 rings (SSSR count). The highest BCUT2D eigenvalue weighted by atomic mass is 32.5. The number of halogens is 5. The molecule has 0 unspecified atom stereocenters. The van der Waals surface area contributed by atoms with Crippen LogP contribution in [0.25, 0.3) is 16.8 Å². The lowest BCUT2D eigenvalue weighted by atomic mass is 10.1. The van der Waals surface area contributed by atoms with Gasteiger partial charge in [0.2, 0.25) is 10.0 Å². The van der Waals surface area contributed by atoms with Crippen molar-refractivity contribution >= 4 is 31.6 Å². The quantitative estimate of drug-likeness (QED) is 0.223. The molecule has 0 atom stereocenters. The maximum Gasteiger partial charge on any atom is 0.310 e. The van der Waals surface area contributed by atoms with Crippen molar-refractivity contribution in [1.82, 2.24) is 18.9 Å². The predicted molar refractivity (Wildman–Crippen MR) is 146 cm³/mol. The Morgan fingerprint density at radius 2 is 1.45 bits per heavy atom. The van der Waals surface area contributed by atoms with E-state index in [1.807, 2.05) is 36.6 Å². The molecular formula is C26H28F5N5O2S2. The van der Waals surface area contributed by atoms with E-state index in [0.29, 0.717) is 25.0 Å². The van der Waals surface area contributed by atoms with Gasteiger partial charge >= 0.3 is 10.2 Å². The summed E-state index contributed by atoms with van der Waals surface area (Å²) < 4.78 is 94.5. The minimum absolute atomic E-state index is 0.155. The van der Waals surface area contributed by atoms with Crippen molar-refractivity contribution in [1.29, 1.82) is 0 Å². The van der Waals surface area contributed by atoms with Gasteiger partial charge in [-0.3, -0.25) is 4.40 Å². The van der Waals surface area contributed by atoms with Gasteiger partial charge in [-0.2, -0.15) is 4.31 Å². The van der Waals surface area contributed by atoms with E-state index in [1.54, 1.807) is 24.3 Å². The maximum atomic E-state index is 13.3. The molecule has 3 heterocycles. The van der Waals surface area contributed by atoms with Crippen LogP contribution in [0.5, 0.6) is 0 Å². The summed E-state index contributed by atoms with van der Waals surface area (Å²) in [5, 5.41) is 11.4. The Kier molecular flexibility index (Phi) is 6.47. The summed E-state index contributed by atoms with van der Waals surface area (Å²) in [6.45, 7) is 4.46. The van der Waals surface area contributed by atoms with Gasteiger partial charge in [-0.15, -0.1) is 10.2 Å². The first kappa shape index (κ1) is 28.3. The molecule has 0 amide bonds. The number of nitrogens with zero attached hydrogens (tertiary/aromatic N) is 4. The van der Waals surface area contributed by atoms with Crippen LogP contribution in [0, 0.1) is 0 Å². The van der Waals surface area contributed by atoms with Gasteiger partial charge in [0.15, 0.2) is 5.65 Å². The molecule has 0 aliphatic carbocycles. The van der Waals surface area contributed by atoms with Gasteiger partial charge in [-0.05, 0) is 72.5 Å². The standard InChI is InChI=1S/C26H28F5N5O2S2/c1-18(2)26-34-33-25-12-5-20(17-36(25)26)19-3-8-23(9-4-19)39(37,38)35-15-13-22(14-16-35)32-21-6-10-24(11-7-21)40(27,28,29,30)31/h3-12,17-18,22,32H,13-16H2,1-2H3. The van der Waals surface area contributed by atoms with E-state index in [1.165, 1.54) is 4.31 Å². The highest BCUT2D eigenvalue weighted by Crippen LogP contribution is 3.02. The number of rotatable bonds is 7. The van der Waals surface area contributed by atoms with Crippen molar-refractivity contribution in [2.24, 2.45) is 0 Å². The average Bonchev–Trinajstić information content (AvgIpc) is 3.32. The molecule has 40 heavy (non-hydrogen) atoms. The number of piperidine rings is 1. The molecule has 0 bridgehead atoms. The summed E-state index contributed by atoms with van der Waals surface area (Å²) in [6.07, 6.45) is 2.73. The van der Waals surface area contributed by atoms with Crippen LogP contribution in [0.3, 0.4) is 0 Å². The molecule has 1 aliphatic heterocycles. The number of fused-ring (bicyclic) bond motifs is 1. The second-order valence-corrected chi connectivity index (χ2v) is 14.5. The zero-order valence-electron chi connectivity index (χ0n) is 21.6. The van der Waals surface area contributed by atoms with E-state index in [-0.39, 0.29) is 35.6 Å². The normalized spacial score (nSPS) is 17.6. The highest BCUT2D eigenvalue weighted by molar-refractivity contribution is 8.45. The van der Waals surface area contributed by atoms with Gasteiger partial charge in [0.05, 0.1) is 4.90 Å². The van der Waals surface area contributed by atoms with E-state index in [9.17, 15) is 27.8 Å². The second-order valence-electron chi connectivity index (χ2n) is 10.2. The molecule has 1 aliphatic rings. The van der Waals surface area contributed by atoms with Gasteiger partial charge in [0, 0.05) is 36.9 Å². The largest absolute Gasteiger partial charge is 0.382 e. The zero-order chi connectivity index (χ0) is 29.0. The van der Waals surface area contributed by atoms with Gasteiger partial charge in [0.1, 0.15) is 10.7 Å². The fourth-order valence-electron chi connectivity index (χ4n) is 4.73. The number of hydrogen-bond acceptors (Lipinski definition) is 5. The molecule has 0 saturated carbocycles. The summed E-state index contributed by atoms with van der Waals surface area (Å²) >= 11 is 0. The Morgan fingerprint density at radius 1 is 0.850 bits per heavy atom. The van der Waals surface area contributed by atoms with Crippen LogP contribution < -0.4 is 5.32 Å². The number of sulfonamides is 1. The first-order valence-corrected chi connectivity index (χ1v) is 16.0. The van der Waals surface area contributed by atoms with Crippen molar-refractivity contribution in [3.8, 4) is 11.1 Å². The van der Waals surface area contributed by atoms with Gasteiger partial charge in [0.25, 0.3) is 0 Å². The smallest absolute Gasteiger partial charge is 0.310 e. The van der Waals surface area contributed by atoms with E-state index < -0.39 is 25.1 Å². The second kappa shape index (κ2) is 9.14. The van der Waals surface area contributed by atoms with Crippen molar-refractivity contribution in [3.63, 3.8) is 0 Å². The summed E-state index contributed by atoms with van der Waals surface area (Å²) in [7, 11) is -13.5. The van der Waals surface area contributed by atoms with Crippen molar-refractivity contribution < 1.29 is 27.8 Å². The number of benzene rings is 2. The number of nitrogens with one attached hydrogen (secondary N) is 1. The molecule has 4 aromatic rings. The summed E-state index contributed by atoms with van der Waals surface area (Å²) in [6, 6.07) is 12.8. The SMILES string of the molecule is CC(C)c1nnc2ccc(-c3ccc(S(=O)(=O)N4CCC(Nc5ccc(S(F)(F)(F)(F)F)cc5)CC4)cc3)cn12. The minimum atomic E-state index is -9.73. The average molecular weight is 602 g/mol. The number of aromatic nitrogens is 3. The molecule has 7 nitrogen and oxygen atoms in total. The van der Waals surface area contributed by atoms with Gasteiger partial charge in [-0.25, -0.2) is 8.42 Å². The molecule has 216 valence electrons. The molecule has 0 spiro atoms. The van der Waals surface area contributed by atoms with E-state index in [0.717, 1.165) is 34.7 Å². The van der Waals surface area contributed by atoms with Crippen molar-refractivity contribution in [2.75, 3.05) is 18.4 Å². The fourth-order valence-corrected chi connectivity index (χ4v) is 6.85. The highest BCUT2D eigenvalue weighted by Gasteiger charge is 2.65. The monoisotopic (exact) mass is 601 g/mol. The lowest BCUT2D eigenvalue weighted by Crippen LogP contribution is -2.42. The third kappa shape index (κ3) is 5.79. The maximum absolute atomic E-state index is 13.3. The fraction of sp³-hybridized carbons (Fsp3) is 0.308. The number of pyridine rings is 1. The molecule has 1 fully saturated rings. The topological polar surface area (TPSA) is 79.6 Å². The molecular weight excluding hydrogens is 573 g/mol. The van der Waals surface area contributed by atoms with Crippen molar-refractivity contribution in [2.45, 2.75) is 48.4 Å². The summed E-state index contributed by atoms with van der Waals surface area (Å²) in [4.78, 5) is -1.79. The van der Waals surface area contributed by atoms with E-state index >= 15 is 0 Å². The molecule has 2 aromatic carbocycles. The first-order valence-electron chi connectivity index (χ1n) is 12.6. The predicted octanol–water partition coefficient (Wildman–Crippen LogP) is 7.44. The Balaban J connectivity index is 1.24. The lowest BCUT2D eigenvalue weighted by Gasteiger charge is -2.40. The summed E-state index contributed by atoms with van der Waals surface area (Å²) in [5.74, 6) is 1.01. The minimum Gasteiger partial charge on any atom is -0.382 e. The number of hydrogen-bond donors (Lipinski definition) is 1. The Bertz CT molecular complexity index is 1650. The van der Waals surface area contributed by atoms with E-state index in [2.05, 4.69) is 15.5 Å². The van der Waals surface area contributed by atoms with Gasteiger partial charge in [-0.1, -0.05) is 45.4 Å². The Morgan fingerprint density at radius 3 is 2.02 bits per heavy atom. The third-order valence-corrected chi connectivity index (χ3v) is 9.97. The zero-order valence-corrected chi connectivity index (χ0v) is 23.3. The van der Waals surface area contributed by atoms with Crippen molar-refractivity contribution in [3.05, 3.63) is 72.7 Å². The first-order chi connectivity index (χ1) is 18.5. The molecule has 14 heteroatoms. The van der Waals surface area contributed by atoms with Gasteiger partial charge < -0.3 is 5.32 Å². The molecule has 1 N–H and O–H groups in total. The number of anilines is 1. The van der Waals surface area contributed by atoms with Crippen LogP contribution in [0.15, 0.2) is 76.7 Å². The van der Waals surface area contributed by atoms with Crippen LogP contribution >= 0.6 is 10.2 Å². The van der Waals surface area contributed by atoms with E-state index in [4.69, 9.17) is 0 Å². The van der Waals surface area contributed by atoms with Crippen LogP contribution in [0.1, 0.15) is 38.4 Å². The Hall–Kier alpha value is -3.23. The lowest BCUT2D eigenvalue weighted by molar-refractivity contribution is 0.330. The molecule has 1 saturated heterocycles. The third-order valence-electron chi connectivity index (χ3n) is 6.89. The Labute approximate surface area is 228 Å². The summed E-state index contributed by atoms with van der Waals surface area (Å²) in [5.41, 5.74) is 2.71. The molecule has 0 radical (unpaired) electrons.